The summed E-state index contributed by atoms with van der Waals surface area (Å²) < 4.78 is 0. The Labute approximate surface area is 151 Å². The quantitative estimate of drug-likeness (QED) is 0.726. The average Bonchev–Trinajstić information content (AvgIpc) is 2.67. The molecule has 0 saturated carbocycles. The van der Waals surface area contributed by atoms with Gasteiger partial charge in [0.1, 0.15) is 32.7 Å². The number of phenolic OH excluding ortho intramolecular Hbond substituents is 1. The van der Waals surface area contributed by atoms with Crippen LogP contribution >= 0.6 is 11.6 Å². The lowest BCUT2D eigenvalue weighted by Crippen LogP contribution is -3.13. The van der Waals surface area contributed by atoms with E-state index in [0.29, 0.717) is 16.3 Å². The van der Waals surface area contributed by atoms with Gasteiger partial charge in [-0.05, 0) is 18.2 Å². The van der Waals surface area contributed by atoms with E-state index in [4.69, 9.17) is 11.6 Å². The van der Waals surface area contributed by atoms with Gasteiger partial charge in [0.25, 0.3) is 11.3 Å². The molecule has 1 aliphatic heterocycles. The van der Waals surface area contributed by atoms with Crippen molar-refractivity contribution in [1.29, 1.82) is 0 Å². The highest BCUT2D eigenvalue weighted by Gasteiger charge is 2.27. The normalized spacial score (nSPS) is 15.6. The maximum atomic E-state index is 10.6. The maximum Gasteiger partial charge on any atom is 0.274 e. The van der Waals surface area contributed by atoms with E-state index in [1.54, 1.807) is 0 Å². The van der Waals surface area contributed by atoms with Gasteiger partial charge in [0.05, 0.1) is 22.2 Å². The van der Waals surface area contributed by atoms with Crippen molar-refractivity contribution in [3.05, 3.63) is 59.4 Å². The number of H-pyrrole nitrogens is 2. The fourth-order valence-corrected chi connectivity index (χ4v) is 3.81. The summed E-state index contributed by atoms with van der Waals surface area (Å²) in [4.78, 5) is 10.2. The van der Waals surface area contributed by atoms with E-state index < -0.39 is 0 Å². The second-order valence-corrected chi connectivity index (χ2v) is 6.89. The third-order valence-electron chi connectivity index (χ3n) is 4.90. The summed E-state index contributed by atoms with van der Waals surface area (Å²) in [6.07, 6.45) is 3.77. The Morgan fingerprint density at radius 1 is 1.08 bits per heavy atom. The average molecular weight is 358 g/mol. The number of aromatic nitrogens is 2. The van der Waals surface area contributed by atoms with Crippen molar-refractivity contribution in [2.45, 2.75) is 6.54 Å². The summed E-state index contributed by atoms with van der Waals surface area (Å²) in [5, 5.41) is 12.1. The first kappa shape index (κ1) is 16.1. The molecule has 0 amide bonds. The minimum atomic E-state index is 0.311. The molecule has 0 atom stereocenters. The molecule has 6 heteroatoms. The van der Waals surface area contributed by atoms with Gasteiger partial charge in [-0.3, -0.25) is 4.90 Å². The third-order valence-corrected chi connectivity index (χ3v) is 5.21. The van der Waals surface area contributed by atoms with Crippen LogP contribution in [-0.4, -0.2) is 31.3 Å². The highest BCUT2D eigenvalue weighted by atomic mass is 35.5. The molecule has 0 unspecified atom stereocenters. The van der Waals surface area contributed by atoms with Gasteiger partial charge >= 0.3 is 0 Å². The zero-order valence-electron chi connectivity index (χ0n) is 13.9. The molecule has 0 radical (unpaired) electrons. The molecule has 2 aromatic heterocycles. The van der Waals surface area contributed by atoms with Gasteiger partial charge in [0.15, 0.2) is 11.9 Å². The van der Waals surface area contributed by atoms with Crippen LogP contribution in [0.5, 0.6) is 5.75 Å². The standard InChI is InChI=1S/C19H19ClN4O/c20-16-12-14(19(25)18-15(16)4-3-7-22-18)13-23-8-10-24(11-9-23)17-5-1-2-6-21-17/h1-7,12,25H,8-11,13H2/p+3. The predicted molar refractivity (Wildman–Crippen MR) is 96.8 cm³/mol. The zero-order chi connectivity index (χ0) is 17.2. The number of quaternary nitrogens is 1. The molecule has 1 fully saturated rings. The molecule has 5 nitrogen and oxygen atoms in total. The molecule has 1 aliphatic rings. The first-order valence-corrected chi connectivity index (χ1v) is 8.96. The second kappa shape index (κ2) is 6.86. The molecular formula is C19H22ClN4O+3. The van der Waals surface area contributed by atoms with E-state index in [9.17, 15) is 5.11 Å². The van der Waals surface area contributed by atoms with Gasteiger partial charge in [-0.25, -0.2) is 9.97 Å². The lowest BCUT2D eigenvalue weighted by molar-refractivity contribution is -0.914. The highest BCUT2D eigenvalue weighted by molar-refractivity contribution is 6.35. The molecular weight excluding hydrogens is 336 g/mol. The van der Waals surface area contributed by atoms with Crippen molar-refractivity contribution < 1.29 is 20.0 Å². The summed E-state index contributed by atoms with van der Waals surface area (Å²) >= 11 is 6.40. The number of hydrogen-bond donors (Lipinski definition) is 2. The van der Waals surface area contributed by atoms with E-state index in [1.807, 2.05) is 36.7 Å². The number of piperazine rings is 1. The molecule has 1 saturated heterocycles. The van der Waals surface area contributed by atoms with Crippen LogP contribution in [0, 0.1) is 0 Å². The molecule has 25 heavy (non-hydrogen) atoms. The second-order valence-electron chi connectivity index (χ2n) is 6.49. The number of halogens is 1. The summed E-state index contributed by atoms with van der Waals surface area (Å²) in [5.74, 6) is 1.47. The van der Waals surface area contributed by atoms with Crippen molar-refractivity contribution in [1.82, 2.24) is 0 Å². The summed E-state index contributed by atoms with van der Waals surface area (Å²) in [5.41, 5.74) is 1.61. The van der Waals surface area contributed by atoms with Crippen molar-refractivity contribution in [2.75, 3.05) is 31.1 Å². The number of benzene rings is 1. The van der Waals surface area contributed by atoms with Gasteiger partial charge in [-0.15, -0.1) is 0 Å². The predicted octanol–water partition coefficient (Wildman–Crippen LogP) is 0.732. The van der Waals surface area contributed by atoms with Crippen molar-refractivity contribution in [3.8, 4) is 5.75 Å². The van der Waals surface area contributed by atoms with E-state index >= 15 is 0 Å². The number of hydrogen-bond acceptors (Lipinski definition) is 2. The van der Waals surface area contributed by atoms with Crippen molar-refractivity contribution in [2.24, 2.45) is 0 Å². The molecule has 128 valence electrons. The summed E-state index contributed by atoms with van der Waals surface area (Å²) in [6, 6.07) is 11.9. The Bertz CT molecular complexity index is 879. The summed E-state index contributed by atoms with van der Waals surface area (Å²) in [6.45, 7) is 4.80. The van der Waals surface area contributed by atoms with Crippen LogP contribution in [-0.2, 0) is 6.54 Å². The first-order chi connectivity index (χ1) is 12.2. The van der Waals surface area contributed by atoms with Gasteiger partial charge < -0.3 is 10.0 Å². The van der Waals surface area contributed by atoms with Crippen LogP contribution in [0.1, 0.15) is 5.56 Å². The Balaban J connectivity index is 1.49. The smallest absolute Gasteiger partial charge is 0.274 e. The minimum absolute atomic E-state index is 0.311. The van der Waals surface area contributed by atoms with Gasteiger partial charge in [-0.1, -0.05) is 17.7 Å². The molecule has 0 aliphatic carbocycles. The lowest BCUT2D eigenvalue weighted by Gasteiger charge is -2.28. The number of pyridine rings is 2. The van der Waals surface area contributed by atoms with E-state index in [2.05, 4.69) is 27.0 Å². The van der Waals surface area contributed by atoms with Gasteiger partial charge in [0, 0.05) is 12.1 Å². The van der Waals surface area contributed by atoms with Crippen LogP contribution in [0.2, 0.25) is 5.02 Å². The molecule has 0 bridgehead atoms. The number of rotatable bonds is 3. The van der Waals surface area contributed by atoms with Crippen LogP contribution in [0.15, 0.2) is 48.8 Å². The van der Waals surface area contributed by atoms with Gasteiger partial charge in [-0.2, -0.15) is 0 Å². The Hall–Kier alpha value is -2.37. The molecule has 3 heterocycles. The van der Waals surface area contributed by atoms with E-state index in [-0.39, 0.29) is 0 Å². The number of nitrogens with zero attached hydrogens (tertiary/aromatic N) is 1. The number of aromatic amines is 2. The first-order valence-electron chi connectivity index (χ1n) is 8.58. The fraction of sp³-hybridized carbons (Fsp3) is 0.263. The van der Waals surface area contributed by atoms with Crippen LogP contribution in [0.4, 0.5) is 5.82 Å². The monoisotopic (exact) mass is 357 g/mol. The fourth-order valence-electron chi connectivity index (χ4n) is 3.52. The van der Waals surface area contributed by atoms with Crippen LogP contribution < -0.4 is 19.8 Å². The van der Waals surface area contributed by atoms with E-state index in [1.165, 1.54) is 4.90 Å². The topological polar surface area (TPSA) is 56.2 Å². The Kier molecular flexibility index (Phi) is 4.42. The number of nitrogens with one attached hydrogen (secondary N) is 3. The minimum Gasteiger partial charge on any atom is -0.502 e. The third kappa shape index (κ3) is 3.25. The molecule has 0 spiro atoms. The van der Waals surface area contributed by atoms with Gasteiger partial charge in [0.2, 0.25) is 0 Å². The lowest BCUT2D eigenvalue weighted by atomic mass is 10.1. The SMILES string of the molecule is Oc1c(C[NH+]2CCN(c3cccc[nH+]3)CC2)cc(Cl)c2ccc[nH+]c12. The summed E-state index contributed by atoms with van der Waals surface area (Å²) in [7, 11) is 0. The van der Waals surface area contributed by atoms with Crippen LogP contribution in [0.25, 0.3) is 10.9 Å². The zero-order valence-corrected chi connectivity index (χ0v) is 14.7. The Morgan fingerprint density at radius 3 is 2.64 bits per heavy atom. The largest absolute Gasteiger partial charge is 0.502 e. The molecule has 4 rings (SSSR count). The number of fused-ring (bicyclic) bond motifs is 1. The van der Waals surface area contributed by atoms with Crippen LogP contribution in [0.3, 0.4) is 0 Å². The van der Waals surface area contributed by atoms with Crippen molar-refractivity contribution >= 4 is 28.3 Å². The van der Waals surface area contributed by atoms with Crippen molar-refractivity contribution in [3.63, 3.8) is 0 Å². The molecule has 4 N–H and O–H groups in total. The molecule has 1 aromatic carbocycles. The maximum absolute atomic E-state index is 10.6. The highest BCUT2D eigenvalue weighted by Crippen LogP contribution is 2.31. The number of phenols is 1. The van der Waals surface area contributed by atoms with E-state index in [0.717, 1.165) is 49.5 Å². The number of aromatic hydroxyl groups is 1. The Morgan fingerprint density at radius 2 is 1.88 bits per heavy atom. The number of anilines is 1. The molecule has 3 aromatic rings.